The highest BCUT2D eigenvalue weighted by Gasteiger charge is 2.33. The lowest BCUT2D eigenvalue weighted by Gasteiger charge is -2.25. The molecule has 29 heavy (non-hydrogen) atoms. The topological polar surface area (TPSA) is 127 Å². The van der Waals surface area contributed by atoms with Gasteiger partial charge in [0, 0.05) is 0 Å². The Balaban J connectivity index is 0. The second kappa shape index (κ2) is 16.6. The van der Waals surface area contributed by atoms with Crippen LogP contribution in [0.5, 0.6) is 0 Å². The summed E-state index contributed by atoms with van der Waals surface area (Å²) in [5, 5.41) is 17.7. The molecule has 6 N–H and O–H groups in total. The summed E-state index contributed by atoms with van der Waals surface area (Å²) in [5.41, 5.74) is 9.25. The van der Waals surface area contributed by atoms with Crippen LogP contribution in [0.15, 0.2) is 0 Å². The van der Waals surface area contributed by atoms with Gasteiger partial charge in [-0.05, 0) is 47.0 Å². The van der Waals surface area contributed by atoms with Gasteiger partial charge in [-0.3, -0.25) is 9.59 Å². The molecule has 174 valence electrons. The van der Waals surface area contributed by atoms with Gasteiger partial charge in [-0.25, -0.2) is 0 Å². The zero-order valence-corrected chi connectivity index (χ0v) is 19.6. The van der Waals surface area contributed by atoms with Crippen LogP contribution in [0.25, 0.3) is 0 Å². The standard InChI is InChI=1S/C13H30N2.C10H18O4/c1-2-3-4-5-6-7-8-9-10-11-12-13(14)15;1-9(2,7(11)12)5-6-10(3,4)8(13)14/h13H,2-12,14-15H2,1H3;5-6H2,1-4H3,(H,11,12)(H,13,14). The summed E-state index contributed by atoms with van der Waals surface area (Å²) in [5.74, 6) is -1.78. The van der Waals surface area contributed by atoms with Gasteiger partial charge in [0.05, 0.1) is 17.0 Å². The minimum absolute atomic E-state index is 0.0981. The lowest BCUT2D eigenvalue weighted by molar-refractivity contribution is -0.151. The van der Waals surface area contributed by atoms with E-state index in [1.807, 2.05) is 0 Å². The summed E-state index contributed by atoms with van der Waals surface area (Å²) in [7, 11) is 0. The molecule has 0 aliphatic carbocycles. The van der Waals surface area contributed by atoms with Crippen LogP contribution in [0.3, 0.4) is 0 Å². The van der Waals surface area contributed by atoms with Crippen molar-refractivity contribution >= 4 is 11.9 Å². The van der Waals surface area contributed by atoms with E-state index in [0.717, 1.165) is 6.42 Å². The summed E-state index contributed by atoms with van der Waals surface area (Å²) >= 11 is 0. The molecular formula is C23H48N2O4. The number of rotatable bonds is 16. The molecule has 0 amide bonds. The highest BCUT2D eigenvalue weighted by molar-refractivity contribution is 5.75. The number of carbonyl (C=O) groups is 2. The first-order valence-corrected chi connectivity index (χ1v) is 11.3. The molecule has 0 aromatic carbocycles. The second-order valence-electron chi connectivity index (χ2n) is 9.51. The fraction of sp³-hybridized carbons (Fsp3) is 0.913. The fourth-order valence-electron chi connectivity index (χ4n) is 2.71. The van der Waals surface area contributed by atoms with Crippen molar-refractivity contribution in [1.29, 1.82) is 0 Å². The summed E-state index contributed by atoms with van der Waals surface area (Å²) in [4.78, 5) is 21.5. The molecule has 6 nitrogen and oxygen atoms in total. The molecule has 0 fully saturated rings. The van der Waals surface area contributed by atoms with Crippen molar-refractivity contribution in [2.75, 3.05) is 0 Å². The van der Waals surface area contributed by atoms with Crippen molar-refractivity contribution in [3.8, 4) is 0 Å². The van der Waals surface area contributed by atoms with Crippen LogP contribution in [0, 0.1) is 10.8 Å². The Morgan fingerprint density at radius 2 is 1.00 bits per heavy atom. The van der Waals surface area contributed by atoms with Crippen LogP contribution in [-0.2, 0) is 9.59 Å². The van der Waals surface area contributed by atoms with E-state index in [9.17, 15) is 9.59 Å². The number of nitrogens with two attached hydrogens (primary N) is 2. The molecule has 0 unspecified atom stereocenters. The quantitative estimate of drug-likeness (QED) is 0.193. The summed E-state index contributed by atoms with van der Waals surface area (Å²) < 4.78 is 0. The molecule has 0 aliphatic heterocycles. The monoisotopic (exact) mass is 416 g/mol. The van der Waals surface area contributed by atoms with Gasteiger partial charge in [0.25, 0.3) is 0 Å². The van der Waals surface area contributed by atoms with E-state index in [0.29, 0.717) is 12.8 Å². The summed E-state index contributed by atoms with van der Waals surface area (Å²) in [6.45, 7) is 8.68. The molecule has 0 radical (unpaired) electrons. The van der Waals surface area contributed by atoms with Crippen molar-refractivity contribution in [1.82, 2.24) is 0 Å². The van der Waals surface area contributed by atoms with Crippen LogP contribution in [0.2, 0.25) is 0 Å². The lowest BCUT2D eigenvalue weighted by Crippen LogP contribution is -2.29. The Hall–Kier alpha value is -1.14. The lowest BCUT2D eigenvalue weighted by atomic mass is 9.79. The third kappa shape index (κ3) is 18.6. The van der Waals surface area contributed by atoms with E-state index in [1.165, 1.54) is 64.2 Å². The molecule has 0 saturated heterocycles. The van der Waals surface area contributed by atoms with Crippen molar-refractivity contribution in [2.45, 2.75) is 124 Å². The van der Waals surface area contributed by atoms with Crippen LogP contribution in [0.4, 0.5) is 0 Å². The Morgan fingerprint density at radius 3 is 1.28 bits per heavy atom. The SMILES string of the molecule is CC(C)(CCC(C)(C)C(=O)O)C(=O)O.CCCCCCCCCCCCC(N)N. The fourth-order valence-corrected chi connectivity index (χ4v) is 2.71. The highest BCUT2D eigenvalue weighted by atomic mass is 16.4. The number of carboxylic acid groups (broad SMARTS) is 2. The van der Waals surface area contributed by atoms with Crippen LogP contribution in [0.1, 0.15) is 118 Å². The number of hydrogen-bond donors (Lipinski definition) is 4. The molecule has 0 spiro atoms. The second-order valence-corrected chi connectivity index (χ2v) is 9.51. The van der Waals surface area contributed by atoms with Gasteiger partial charge in [-0.15, -0.1) is 0 Å². The molecule has 0 atom stereocenters. The number of carboxylic acids is 2. The average Bonchev–Trinajstić information content (AvgIpc) is 2.62. The number of aliphatic carboxylic acids is 2. The molecule has 0 rings (SSSR count). The van der Waals surface area contributed by atoms with Gasteiger partial charge in [-0.2, -0.15) is 0 Å². The molecule has 0 saturated carbocycles. The molecule has 0 heterocycles. The summed E-state index contributed by atoms with van der Waals surface area (Å²) in [6.07, 6.45) is 15.3. The van der Waals surface area contributed by atoms with Crippen LogP contribution < -0.4 is 11.5 Å². The molecule has 0 aliphatic rings. The van der Waals surface area contributed by atoms with Gasteiger partial charge in [-0.1, -0.05) is 71.1 Å². The first-order chi connectivity index (χ1) is 13.4. The normalized spacial score (nSPS) is 11.9. The van der Waals surface area contributed by atoms with Crippen molar-refractivity contribution in [3.05, 3.63) is 0 Å². The average molecular weight is 417 g/mol. The van der Waals surface area contributed by atoms with Gasteiger partial charge in [0.1, 0.15) is 0 Å². The zero-order chi connectivity index (χ0) is 22.9. The number of hydrogen-bond acceptors (Lipinski definition) is 4. The largest absolute Gasteiger partial charge is 0.481 e. The van der Waals surface area contributed by atoms with Gasteiger partial charge >= 0.3 is 11.9 Å². The van der Waals surface area contributed by atoms with Gasteiger partial charge < -0.3 is 21.7 Å². The van der Waals surface area contributed by atoms with E-state index in [-0.39, 0.29) is 6.17 Å². The molecule has 0 bridgehead atoms. The third-order valence-electron chi connectivity index (χ3n) is 5.42. The van der Waals surface area contributed by atoms with E-state index < -0.39 is 22.8 Å². The van der Waals surface area contributed by atoms with Crippen molar-refractivity contribution in [2.24, 2.45) is 22.3 Å². The molecule has 6 heteroatoms. The molecule has 0 aromatic heterocycles. The minimum atomic E-state index is -0.890. The van der Waals surface area contributed by atoms with Crippen LogP contribution in [-0.4, -0.2) is 28.3 Å². The third-order valence-corrected chi connectivity index (χ3v) is 5.42. The van der Waals surface area contributed by atoms with E-state index in [4.69, 9.17) is 21.7 Å². The Morgan fingerprint density at radius 1 is 0.690 bits per heavy atom. The van der Waals surface area contributed by atoms with Gasteiger partial charge in [0.2, 0.25) is 0 Å². The minimum Gasteiger partial charge on any atom is -0.481 e. The molecule has 0 aromatic rings. The first kappa shape index (κ1) is 30.1. The van der Waals surface area contributed by atoms with Gasteiger partial charge in [0.15, 0.2) is 0 Å². The zero-order valence-electron chi connectivity index (χ0n) is 19.6. The maximum absolute atomic E-state index is 10.8. The Labute approximate surface area is 178 Å². The first-order valence-electron chi connectivity index (χ1n) is 11.3. The van der Waals surface area contributed by atoms with Crippen molar-refractivity contribution in [3.63, 3.8) is 0 Å². The highest BCUT2D eigenvalue weighted by Crippen LogP contribution is 2.31. The molecular weight excluding hydrogens is 368 g/mol. The number of unbranched alkanes of at least 4 members (excludes halogenated alkanes) is 9. The summed E-state index contributed by atoms with van der Waals surface area (Å²) in [6, 6.07) is 0. The smallest absolute Gasteiger partial charge is 0.309 e. The Bertz CT molecular complexity index is 409. The van der Waals surface area contributed by atoms with E-state index >= 15 is 0 Å². The van der Waals surface area contributed by atoms with E-state index in [2.05, 4.69) is 6.92 Å². The van der Waals surface area contributed by atoms with Crippen molar-refractivity contribution < 1.29 is 19.8 Å². The maximum atomic E-state index is 10.8. The predicted octanol–water partition coefficient (Wildman–Crippen LogP) is 5.53. The van der Waals surface area contributed by atoms with E-state index in [1.54, 1.807) is 27.7 Å². The maximum Gasteiger partial charge on any atom is 0.309 e. The van der Waals surface area contributed by atoms with Crippen LogP contribution >= 0.6 is 0 Å². The predicted molar refractivity (Wildman–Crippen MR) is 121 cm³/mol. The Kier molecular flexibility index (Phi) is 17.2.